The maximum atomic E-state index is 12.0. The zero-order chi connectivity index (χ0) is 18.4. The zero-order valence-corrected chi connectivity index (χ0v) is 14.7. The van der Waals surface area contributed by atoms with Crippen LogP contribution in [0.15, 0.2) is 57.6 Å². The van der Waals surface area contributed by atoms with Crippen LogP contribution in [-0.4, -0.2) is 32.0 Å². The van der Waals surface area contributed by atoms with Gasteiger partial charge < -0.3 is 5.32 Å². The van der Waals surface area contributed by atoms with Crippen molar-refractivity contribution in [2.75, 3.05) is 6.54 Å². The van der Waals surface area contributed by atoms with Gasteiger partial charge in [-0.05, 0) is 30.0 Å². The first kappa shape index (κ1) is 17.7. The fraction of sp³-hybridized carbons (Fsp3) is 0.235. The Morgan fingerprint density at radius 3 is 2.69 bits per heavy atom. The number of amides is 1. The van der Waals surface area contributed by atoms with Gasteiger partial charge in [0.05, 0.1) is 4.88 Å². The number of carbonyl (C=O) groups is 1. The van der Waals surface area contributed by atoms with Crippen LogP contribution in [0.5, 0.6) is 0 Å². The van der Waals surface area contributed by atoms with Crippen molar-refractivity contribution in [3.63, 3.8) is 0 Å². The Kier molecular flexibility index (Phi) is 5.69. The van der Waals surface area contributed by atoms with Crippen molar-refractivity contribution in [2.24, 2.45) is 0 Å². The monoisotopic (exact) mass is 371 g/mol. The minimum Gasteiger partial charge on any atom is -0.354 e. The fourth-order valence-corrected chi connectivity index (χ4v) is 3.01. The van der Waals surface area contributed by atoms with E-state index in [9.17, 15) is 14.4 Å². The number of aryl methyl sites for hydroxylation is 1. The summed E-state index contributed by atoms with van der Waals surface area (Å²) in [5.41, 5.74) is 0.141. The van der Waals surface area contributed by atoms with Gasteiger partial charge in [-0.1, -0.05) is 6.07 Å². The average Bonchev–Trinajstić information content (AvgIpc) is 3.17. The van der Waals surface area contributed by atoms with Crippen LogP contribution in [0.2, 0.25) is 0 Å². The second-order valence-electron chi connectivity index (χ2n) is 5.48. The summed E-state index contributed by atoms with van der Waals surface area (Å²) in [6.45, 7) is 0.634. The van der Waals surface area contributed by atoms with E-state index in [0.29, 0.717) is 25.2 Å². The lowest BCUT2D eigenvalue weighted by Gasteiger charge is -2.08. The van der Waals surface area contributed by atoms with E-state index in [-0.39, 0.29) is 23.6 Å². The van der Waals surface area contributed by atoms with Crippen LogP contribution >= 0.6 is 11.3 Å². The van der Waals surface area contributed by atoms with Crippen LogP contribution in [0.3, 0.4) is 0 Å². The summed E-state index contributed by atoms with van der Waals surface area (Å²) in [5, 5.41) is 12.8. The van der Waals surface area contributed by atoms with E-state index in [1.807, 2.05) is 17.5 Å². The quantitative estimate of drug-likeness (QED) is 0.618. The summed E-state index contributed by atoms with van der Waals surface area (Å²) in [4.78, 5) is 36.4. The maximum absolute atomic E-state index is 12.0. The molecule has 3 aromatic heterocycles. The molecule has 0 aliphatic heterocycles. The molecule has 0 atom stereocenters. The molecule has 0 aliphatic carbocycles. The number of thiophene rings is 1. The third-order valence-electron chi connectivity index (χ3n) is 3.59. The summed E-state index contributed by atoms with van der Waals surface area (Å²) in [5.74, 6) is -0.309. The third-order valence-corrected chi connectivity index (χ3v) is 4.48. The highest BCUT2D eigenvalue weighted by Gasteiger charge is 2.08. The molecule has 9 heteroatoms. The summed E-state index contributed by atoms with van der Waals surface area (Å²) < 4.78 is 2.48. The molecule has 1 N–H and O–H groups in total. The van der Waals surface area contributed by atoms with Crippen molar-refractivity contribution >= 4 is 17.2 Å². The van der Waals surface area contributed by atoms with Gasteiger partial charge in [0, 0.05) is 31.4 Å². The Bertz CT molecular complexity index is 994. The molecule has 0 bridgehead atoms. The Labute approximate surface area is 152 Å². The first-order chi connectivity index (χ1) is 12.6. The van der Waals surface area contributed by atoms with E-state index >= 15 is 0 Å². The number of carbonyl (C=O) groups excluding carboxylic acids is 1. The summed E-state index contributed by atoms with van der Waals surface area (Å²) >= 11 is 1.51. The molecule has 0 saturated heterocycles. The molecule has 0 spiro atoms. The number of aromatic nitrogens is 4. The maximum Gasteiger partial charge on any atom is 0.267 e. The fourth-order valence-electron chi connectivity index (χ4n) is 2.32. The molecule has 134 valence electrons. The third kappa shape index (κ3) is 4.51. The molecule has 0 fully saturated rings. The van der Waals surface area contributed by atoms with E-state index in [0.717, 1.165) is 9.56 Å². The van der Waals surface area contributed by atoms with Crippen molar-refractivity contribution in [3.05, 3.63) is 68.7 Å². The standard InChI is InChI=1S/C17H17N5O3S/c23-15(18-8-3-10-21-16(24)5-1-9-19-21)12-22-17(25)7-6-13(20-22)14-4-2-11-26-14/h1-2,4-7,9,11H,3,8,10,12H2,(H,18,23). The van der Waals surface area contributed by atoms with E-state index in [4.69, 9.17) is 0 Å². The van der Waals surface area contributed by atoms with Gasteiger partial charge in [0.2, 0.25) is 5.91 Å². The summed E-state index contributed by atoms with van der Waals surface area (Å²) in [6, 6.07) is 9.87. The Morgan fingerprint density at radius 2 is 1.92 bits per heavy atom. The summed E-state index contributed by atoms with van der Waals surface area (Å²) in [6.07, 6.45) is 2.10. The van der Waals surface area contributed by atoms with E-state index in [1.54, 1.807) is 18.3 Å². The van der Waals surface area contributed by atoms with Crippen molar-refractivity contribution in [3.8, 4) is 10.6 Å². The lowest BCUT2D eigenvalue weighted by Crippen LogP contribution is -2.34. The lowest BCUT2D eigenvalue weighted by atomic mass is 10.3. The molecule has 3 heterocycles. The molecule has 26 heavy (non-hydrogen) atoms. The van der Waals surface area contributed by atoms with Crippen molar-refractivity contribution in [1.29, 1.82) is 0 Å². The number of nitrogens with one attached hydrogen (secondary N) is 1. The van der Waals surface area contributed by atoms with Crippen molar-refractivity contribution in [2.45, 2.75) is 19.5 Å². The number of hydrogen-bond acceptors (Lipinski definition) is 6. The van der Waals surface area contributed by atoms with Crippen LogP contribution in [-0.2, 0) is 17.9 Å². The van der Waals surface area contributed by atoms with Crippen LogP contribution in [0.4, 0.5) is 0 Å². The molecular formula is C17H17N5O3S. The zero-order valence-electron chi connectivity index (χ0n) is 13.9. The predicted octanol–water partition coefficient (Wildman–Crippen LogP) is 0.735. The first-order valence-electron chi connectivity index (χ1n) is 8.04. The largest absolute Gasteiger partial charge is 0.354 e. The molecule has 8 nitrogen and oxygen atoms in total. The number of rotatable bonds is 7. The van der Waals surface area contributed by atoms with Gasteiger partial charge in [-0.3, -0.25) is 14.4 Å². The van der Waals surface area contributed by atoms with E-state index < -0.39 is 0 Å². The normalized spacial score (nSPS) is 10.6. The van der Waals surface area contributed by atoms with Gasteiger partial charge in [-0.15, -0.1) is 11.3 Å². The van der Waals surface area contributed by atoms with Crippen molar-refractivity contribution < 1.29 is 4.79 Å². The molecule has 0 aromatic carbocycles. The number of nitrogens with zero attached hydrogens (tertiary/aromatic N) is 4. The van der Waals surface area contributed by atoms with Gasteiger partial charge in [0.15, 0.2) is 0 Å². The van der Waals surface area contributed by atoms with Crippen LogP contribution in [0.1, 0.15) is 6.42 Å². The van der Waals surface area contributed by atoms with Crippen molar-refractivity contribution in [1.82, 2.24) is 24.9 Å². The van der Waals surface area contributed by atoms with Crippen LogP contribution in [0.25, 0.3) is 10.6 Å². The van der Waals surface area contributed by atoms with Gasteiger partial charge in [-0.25, -0.2) is 9.36 Å². The molecule has 0 radical (unpaired) electrons. The Balaban J connectivity index is 1.53. The topological polar surface area (TPSA) is 98.9 Å². The minimum atomic E-state index is -0.333. The Hall–Kier alpha value is -3.07. The highest BCUT2D eigenvalue weighted by Crippen LogP contribution is 2.20. The SMILES string of the molecule is O=C(Cn1nc(-c2cccs2)ccc1=O)NCCCn1ncccc1=O. The molecule has 3 aromatic rings. The predicted molar refractivity (Wildman–Crippen MR) is 97.9 cm³/mol. The summed E-state index contributed by atoms with van der Waals surface area (Å²) in [7, 11) is 0. The van der Waals surface area contributed by atoms with E-state index in [1.165, 1.54) is 28.2 Å². The molecule has 1 amide bonds. The Morgan fingerprint density at radius 1 is 1.08 bits per heavy atom. The van der Waals surface area contributed by atoms with Gasteiger partial charge in [0.25, 0.3) is 11.1 Å². The van der Waals surface area contributed by atoms with E-state index in [2.05, 4.69) is 15.5 Å². The lowest BCUT2D eigenvalue weighted by molar-refractivity contribution is -0.121. The minimum absolute atomic E-state index is 0.151. The second-order valence-corrected chi connectivity index (χ2v) is 6.43. The molecule has 0 unspecified atom stereocenters. The average molecular weight is 371 g/mol. The molecule has 3 rings (SSSR count). The van der Waals surface area contributed by atoms with Gasteiger partial charge >= 0.3 is 0 Å². The number of hydrogen-bond donors (Lipinski definition) is 1. The highest BCUT2D eigenvalue weighted by atomic mass is 32.1. The second kappa shape index (κ2) is 8.34. The van der Waals surface area contributed by atoms with Gasteiger partial charge in [-0.2, -0.15) is 10.2 Å². The smallest absolute Gasteiger partial charge is 0.267 e. The first-order valence-corrected chi connectivity index (χ1v) is 8.92. The molecular weight excluding hydrogens is 354 g/mol. The molecule has 0 aliphatic rings. The van der Waals surface area contributed by atoms with Crippen LogP contribution in [0, 0.1) is 0 Å². The van der Waals surface area contributed by atoms with Gasteiger partial charge in [0.1, 0.15) is 12.2 Å². The van der Waals surface area contributed by atoms with Crippen LogP contribution < -0.4 is 16.4 Å². The molecule has 0 saturated carbocycles. The highest BCUT2D eigenvalue weighted by molar-refractivity contribution is 7.13.